The average Bonchev–Trinajstić information content (AvgIpc) is 3.30. The van der Waals surface area contributed by atoms with Gasteiger partial charge in [0.25, 0.3) is 0 Å². The molecule has 0 amide bonds. The highest BCUT2D eigenvalue weighted by Gasteiger charge is 2.22. The molecule has 1 aliphatic rings. The van der Waals surface area contributed by atoms with Crippen molar-refractivity contribution in [1.29, 1.82) is 0 Å². The first-order chi connectivity index (χ1) is 10.1. The van der Waals surface area contributed by atoms with Gasteiger partial charge in [0.1, 0.15) is 0 Å². The summed E-state index contributed by atoms with van der Waals surface area (Å²) < 4.78 is 0. The molecule has 3 heteroatoms. The van der Waals surface area contributed by atoms with Crippen molar-refractivity contribution < 1.29 is 0 Å². The van der Waals surface area contributed by atoms with E-state index >= 15 is 0 Å². The third-order valence-electron chi connectivity index (χ3n) is 3.95. The Labute approximate surface area is 131 Å². The van der Waals surface area contributed by atoms with E-state index in [-0.39, 0.29) is 0 Å². The van der Waals surface area contributed by atoms with E-state index in [2.05, 4.69) is 34.5 Å². The minimum Gasteiger partial charge on any atom is -0.379 e. The predicted octanol–water partition coefficient (Wildman–Crippen LogP) is 4.90. The largest absolute Gasteiger partial charge is 0.379 e. The van der Waals surface area contributed by atoms with Crippen molar-refractivity contribution in [1.82, 2.24) is 0 Å². The van der Waals surface area contributed by atoms with Crippen molar-refractivity contribution in [3.05, 3.63) is 58.6 Å². The van der Waals surface area contributed by atoms with Crippen LogP contribution >= 0.6 is 11.6 Å². The van der Waals surface area contributed by atoms with Crippen molar-refractivity contribution in [2.45, 2.75) is 25.3 Å². The monoisotopic (exact) mass is 300 g/mol. The molecule has 2 nitrogen and oxygen atoms in total. The van der Waals surface area contributed by atoms with E-state index in [0.717, 1.165) is 28.9 Å². The molecule has 0 atom stereocenters. The van der Waals surface area contributed by atoms with E-state index in [9.17, 15) is 0 Å². The summed E-state index contributed by atoms with van der Waals surface area (Å²) in [5.41, 5.74) is 4.99. The molecule has 0 unspecified atom stereocenters. The van der Waals surface area contributed by atoms with Crippen molar-refractivity contribution in [3.63, 3.8) is 0 Å². The summed E-state index contributed by atoms with van der Waals surface area (Å²) in [5.74, 6) is 0.820. The zero-order valence-corrected chi connectivity index (χ0v) is 13.3. The van der Waals surface area contributed by atoms with Crippen molar-refractivity contribution in [2.24, 2.45) is 0 Å². The molecule has 0 saturated heterocycles. The number of rotatable bonds is 5. The van der Waals surface area contributed by atoms with Gasteiger partial charge in [-0.05, 0) is 48.1 Å². The average molecular weight is 301 g/mol. The van der Waals surface area contributed by atoms with Crippen LogP contribution in [0.2, 0.25) is 5.02 Å². The van der Waals surface area contributed by atoms with Gasteiger partial charge in [0, 0.05) is 25.7 Å². The van der Waals surface area contributed by atoms with Gasteiger partial charge < -0.3 is 10.2 Å². The SMILES string of the molecule is CN(C)c1ccc(Cl)cc1NCc1ccc(C2CC2)cc1. The molecule has 21 heavy (non-hydrogen) atoms. The Balaban J connectivity index is 1.70. The zero-order chi connectivity index (χ0) is 14.8. The molecule has 1 fully saturated rings. The van der Waals surface area contributed by atoms with Crippen LogP contribution in [0.15, 0.2) is 42.5 Å². The Kier molecular flexibility index (Phi) is 4.07. The standard InChI is InChI=1S/C18H21ClN2/c1-21(2)18-10-9-16(19)11-17(18)20-12-13-3-5-14(6-4-13)15-7-8-15/h3-6,9-11,15,20H,7-8,12H2,1-2H3. The molecule has 0 spiro atoms. The maximum atomic E-state index is 6.11. The number of hydrogen-bond acceptors (Lipinski definition) is 2. The van der Waals surface area contributed by atoms with Crippen LogP contribution in [0, 0.1) is 0 Å². The lowest BCUT2D eigenvalue weighted by molar-refractivity contribution is 1.08. The minimum atomic E-state index is 0.757. The molecule has 0 radical (unpaired) electrons. The summed E-state index contributed by atoms with van der Waals surface area (Å²) in [6.07, 6.45) is 2.71. The molecule has 1 N–H and O–H groups in total. The highest BCUT2D eigenvalue weighted by Crippen LogP contribution is 2.39. The van der Waals surface area contributed by atoms with Crippen LogP contribution in [-0.4, -0.2) is 14.1 Å². The highest BCUT2D eigenvalue weighted by molar-refractivity contribution is 6.31. The Bertz CT molecular complexity index is 616. The summed E-state index contributed by atoms with van der Waals surface area (Å²) in [6, 6.07) is 14.9. The number of benzene rings is 2. The Morgan fingerprint density at radius 2 is 1.81 bits per heavy atom. The van der Waals surface area contributed by atoms with E-state index in [4.69, 9.17) is 11.6 Å². The summed E-state index contributed by atoms with van der Waals surface area (Å²) in [6.45, 7) is 0.812. The van der Waals surface area contributed by atoms with Crippen LogP contribution in [0.5, 0.6) is 0 Å². The number of nitrogens with one attached hydrogen (secondary N) is 1. The summed E-state index contributed by atoms with van der Waals surface area (Å²) >= 11 is 6.11. The van der Waals surface area contributed by atoms with Gasteiger partial charge in [-0.15, -0.1) is 0 Å². The maximum absolute atomic E-state index is 6.11. The molecule has 0 aliphatic heterocycles. The van der Waals surface area contributed by atoms with Crippen molar-refractivity contribution in [3.8, 4) is 0 Å². The number of nitrogens with zero attached hydrogens (tertiary/aromatic N) is 1. The second-order valence-corrected chi connectivity index (χ2v) is 6.36. The fourth-order valence-corrected chi connectivity index (χ4v) is 2.73. The van der Waals surface area contributed by atoms with Gasteiger partial charge >= 0.3 is 0 Å². The van der Waals surface area contributed by atoms with Gasteiger partial charge in [-0.3, -0.25) is 0 Å². The van der Waals surface area contributed by atoms with Gasteiger partial charge in [-0.2, -0.15) is 0 Å². The van der Waals surface area contributed by atoms with Gasteiger partial charge in [0.2, 0.25) is 0 Å². The molecule has 1 aliphatic carbocycles. The van der Waals surface area contributed by atoms with Crippen LogP contribution in [0.4, 0.5) is 11.4 Å². The van der Waals surface area contributed by atoms with Gasteiger partial charge in [0.15, 0.2) is 0 Å². The maximum Gasteiger partial charge on any atom is 0.0597 e. The first-order valence-electron chi connectivity index (χ1n) is 7.43. The van der Waals surface area contributed by atoms with Crippen LogP contribution in [0.1, 0.15) is 29.9 Å². The lowest BCUT2D eigenvalue weighted by Gasteiger charge is -2.19. The molecule has 110 valence electrons. The van der Waals surface area contributed by atoms with Crippen molar-refractivity contribution in [2.75, 3.05) is 24.3 Å². The number of hydrogen-bond donors (Lipinski definition) is 1. The van der Waals surface area contributed by atoms with Gasteiger partial charge in [-0.1, -0.05) is 35.9 Å². The van der Waals surface area contributed by atoms with Crippen LogP contribution in [0.25, 0.3) is 0 Å². The number of anilines is 2. The summed E-state index contributed by atoms with van der Waals surface area (Å²) in [7, 11) is 4.08. The first kappa shape index (κ1) is 14.3. The molecule has 3 rings (SSSR count). The van der Waals surface area contributed by atoms with Gasteiger partial charge in [-0.25, -0.2) is 0 Å². The fourth-order valence-electron chi connectivity index (χ4n) is 2.56. The predicted molar refractivity (Wildman–Crippen MR) is 91.5 cm³/mol. The molecule has 2 aromatic rings. The van der Waals surface area contributed by atoms with E-state index < -0.39 is 0 Å². The lowest BCUT2D eigenvalue weighted by atomic mass is 10.1. The molecular weight excluding hydrogens is 280 g/mol. The van der Waals surface area contributed by atoms with Crippen molar-refractivity contribution >= 4 is 23.0 Å². The van der Waals surface area contributed by atoms with E-state index in [1.54, 1.807) is 0 Å². The molecular formula is C18H21ClN2. The topological polar surface area (TPSA) is 15.3 Å². The van der Waals surface area contributed by atoms with E-state index in [1.807, 2.05) is 32.3 Å². The lowest BCUT2D eigenvalue weighted by Crippen LogP contribution is -2.12. The third-order valence-corrected chi connectivity index (χ3v) is 4.19. The minimum absolute atomic E-state index is 0.757. The van der Waals surface area contributed by atoms with E-state index in [0.29, 0.717) is 0 Å². The Morgan fingerprint density at radius 1 is 1.10 bits per heavy atom. The molecule has 2 aromatic carbocycles. The van der Waals surface area contributed by atoms with E-state index in [1.165, 1.54) is 24.0 Å². The third kappa shape index (κ3) is 3.51. The first-order valence-corrected chi connectivity index (χ1v) is 7.81. The van der Waals surface area contributed by atoms with Crippen LogP contribution < -0.4 is 10.2 Å². The zero-order valence-electron chi connectivity index (χ0n) is 12.6. The fraction of sp³-hybridized carbons (Fsp3) is 0.333. The molecule has 1 saturated carbocycles. The molecule has 0 aromatic heterocycles. The molecule has 0 bridgehead atoms. The second-order valence-electron chi connectivity index (χ2n) is 5.93. The highest BCUT2D eigenvalue weighted by atomic mass is 35.5. The van der Waals surface area contributed by atoms with Gasteiger partial charge in [0.05, 0.1) is 11.4 Å². The smallest absolute Gasteiger partial charge is 0.0597 e. The Hall–Kier alpha value is -1.67. The van der Waals surface area contributed by atoms with Crippen LogP contribution in [0.3, 0.4) is 0 Å². The quantitative estimate of drug-likeness (QED) is 0.845. The summed E-state index contributed by atoms with van der Waals surface area (Å²) in [4.78, 5) is 2.09. The Morgan fingerprint density at radius 3 is 2.43 bits per heavy atom. The second kappa shape index (κ2) is 5.98. The summed E-state index contributed by atoms with van der Waals surface area (Å²) in [5, 5.41) is 4.25. The number of halogens is 1. The molecule has 0 heterocycles. The van der Waals surface area contributed by atoms with Crippen LogP contribution in [-0.2, 0) is 6.54 Å². The normalized spacial score (nSPS) is 14.0.